The second-order valence-electron chi connectivity index (χ2n) is 6.91. The van der Waals surface area contributed by atoms with Crippen LogP contribution in [0.1, 0.15) is 11.1 Å². The molecule has 3 aromatic carbocycles. The fourth-order valence-electron chi connectivity index (χ4n) is 2.72. The maximum atomic E-state index is 13.0. The SMILES string of the molecule is Cc1ccc(NC(=O)COc2cccc(/C=C(/C#N)C(=O)Nc3ccc(F)cc3)c2)cc1. The van der Waals surface area contributed by atoms with Gasteiger partial charge in [0.2, 0.25) is 0 Å². The third kappa shape index (κ3) is 6.54. The Kier molecular flexibility index (Phi) is 7.33. The van der Waals surface area contributed by atoms with Crippen LogP contribution in [0.2, 0.25) is 0 Å². The Labute approximate surface area is 185 Å². The first-order chi connectivity index (χ1) is 15.4. The van der Waals surface area contributed by atoms with Gasteiger partial charge in [0.15, 0.2) is 6.61 Å². The quantitative estimate of drug-likeness (QED) is 0.421. The number of hydrogen-bond donors (Lipinski definition) is 2. The number of halogens is 1. The summed E-state index contributed by atoms with van der Waals surface area (Å²) < 4.78 is 18.5. The molecule has 2 amide bonds. The van der Waals surface area contributed by atoms with Crippen LogP contribution < -0.4 is 15.4 Å². The molecule has 0 aliphatic rings. The summed E-state index contributed by atoms with van der Waals surface area (Å²) in [6.07, 6.45) is 1.40. The monoisotopic (exact) mass is 429 g/mol. The number of nitrogens with one attached hydrogen (secondary N) is 2. The Morgan fingerprint density at radius 1 is 1.00 bits per heavy atom. The lowest BCUT2D eigenvalue weighted by Gasteiger charge is -2.08. The second-order valence-corrected chi connectivity index (χ2v) is 6.91. The summed E-state index contributed by atoms with van der Waals surface area (Å²) in [5.41, 5.74) is 2.55. The molecule has 0 aliphatic carbocycles. The molecule has 0 saturated carbocycles. The zero-order valence-electron chi connectivity index (χ0n) is 17.3. The number of ether oxygens (including phenoxy) is 1. The molecular formula is C25H20FN3O3. The molecule has 0 fully saturated rings. The zero-order valence-corrected chi connectivity index (χ0v) is 17.3. The maximum Gasteiger partial charge on any atom is 0.266 e. The Bertz CT molecular complexity index is 1180. The number of hydrogen-bond acceptors (Lipinski definition) is 4. The first-order valence-electron chi connectivity index (χ1n) is 9.71. The lowest BCUT2D eigenvalue weighted by atomic mass is 10.1. The van der Waals surface area contributed by atoms with Crippen LogP contribution in [0.15, 0.2) is 78.4 Å². The van der Waals surface area contributed by atoms with Gasteiger partial charge in [-0.1, -0.05) is 29.8 Å². The van der Waals surface area contributed by atoms with Gasteiger partial charge in [-0.05, 0) is 67.1 Å². The molecule has 0 spiro atoms. The molecule has 6 nitrogen and oxygen atoms in total. The first kappa shape index (κ1) is 22.2. The minimum atomic E-state index is -0.622. The lowest BCUT2D eigenvalue weighted by Crippen LogP contribution is -2.20. The summed E-state index contributed by atoms with van der Waals surface area (Å²) in [6, 6.07) is 21.1. The minimum absolute atomic E-state index is 0.136. The first-order valence-corrected chi connectivity index (χ1v) is 9.71. The number of aryl methyl sites for hydroxylation is 1. The summed E-state index contributed by atoms with van der Waals surface area (Å²) in [5.74, 6) is -0.952. The van der Waals surface area contributed by atoms with E-state index in [0.717, 1.165) is 5.56 Å². The molecule has 160 valence electrons. The van der Waals surface area contributed by atoms with E-state index in [0.29, 0.717) is 22.7 Å². The Morgan fingerprint density at radius 2 is 1.66 bits per heavy atom. The van der Waals surface area contributed by atoms with E-state index < -0.39 is 11.7 Å². The van der Waals surface area contributed by atoms with E-state index in [2.05, 4.69) is 10.6 Å². The third-order valence-electron chi connectivity index (χ3n) is 4.34. The molecule has 32 heavy (non-hydrogen) atoms. The highest BCUT2D eigenvalue weighted by atomic mass is 19.1. The van der Waals surface area contributed by atoms with E-state index in [4.69, 9.17) is 4.74 Å². The molecule has 0 bridgehead atoms. The Morgan fingerprint density at radius 3 is 2.34 bits per heavy atom. The number of carbonyl (C=O) groups is 2. The predicted octanol–water partition coefficient (Wildman–Crippen LogP) is 4.70. The number of anilines is 2. The molecule has 0 unspecified atom stereocenters. The van der Waals surface area contributed by atoms with Crippen LogP contribution in [0.3, 0.4) is 0 Å². The summed E-state index contributed by atoms with van der Waals surface area (Å²) >= 11 is 0. The molecule has 3 aromatic rings. The van der Waals surface area contributed by atoms with Crippen LogP contribution in [0.4, 0.5) is 15.8 Å². The smallest absolute Gasteiger partial charge is 0.266 e. The van der Waals surface area contributed by atoms with Crippen molar-refractivity contribution in [3.8, 4) is 11.8 Å². The van der Waals surface area contributed by atoms with Gasteiger partial charge in [0.05, 0.1) is 0 Å². The molecular weight excluding hydrogens is 409 g/mol. The fourth-order valence-corrected chi connectivity index (χ4v) is 2.72. The van der Waals surface area contributed by atoms with Crippen LogP contribution in [-0.2, 0) is 9.59 Å². The summed E-state index contributed by atoms with van der Waals surface area (Å²) in [7, 11) is 0. The van der Waals surface area contributed by atoms with Gasteiger partial charge in [-0.2, -0.15) is 5.26 Å². The largest absolute Gasteiger partial charge is 0.484 e. The molecule has 0 aliphatic heterocycles. The summed E-state index contributed by atoms with van der Waals surface area (Å²) in [4.78, 5) is 24.4. The van der Waals surface area contributed by atoms with Crippen LogP contribution in [-0.4, -0.2) is 18.4 Å². The van der Waals surface area contributed by atoms with Gasteiger partial charge < -0.3 is 15.4 Å². The van der Waals surface area contributed by atoms with E-state index in [9.17, 15) is 19.2 Å². The van der Waals surface area contributed by atoms with Crippen LogP contribution >= 0.6 is 0 Å². The number of carbonyl (C=O) groups excluding carboxylic acids is 2. The number of nitriles is 1. The van der Waals surface area contributed by atoms with Crippen LogP contribution in [0.5, 0.6) is 5.75 Å². The molecule has 0 radical (unpaired) electrons. The van der Waals surface area contributed by atoms with Gasteiger partial charge in [0, 0.05) is 11.4 Å². The maximum absolute atomic E-state index is 13.0. The van der Waals surface area contributed by atoms with Crippen LogP contribution in [0, 0.1) is 24.1 Å². The number of nitrogens with zero attached hydrogens (tertiary/aromatic N) is 1. The van der Waals surface area contributed by atoms with Gasteiger partial charge in [0.25, 0.3) is 11.8 Å². The van der Waals surface area contributed by atoms with Gasteiger partial charge in [-0.15, -0.1) is 0 Å². The minimum Gasteiger partial charge on any atom is -0.484 e. The van der Waals surface area contributed by atoms with Crippen LogP contribution in [0.25, 0.3) is 6.08 Å². The van der Waals surface area contributed by atoms with Gasteiger partial charge in [0.1, 0.15) is 23.2 Å². The third-order valence-corrected chi connectivity index (χ3v) is 4.34. The van der Waals surface area contributed by atoms with E-state index in [1.54, 1.807) is 36.4 Å². The van der Waals surface area contributed by atoms with Crippen molar-refractivity contribution in [2.45, 2.75) is 6.92 Å². The molecule has 2 N–H and O–H groups in total. The number of rotatable bonds is 7. The van der Waals surface area contributed by atoms with Gasteiger partial charge in [-0.3, -0.25) is 9.59 Å². The second kappa shape index (κ2) is 10.5. The molecule has 7 heteroatoms. The molecule has 0 aromatic heterocycles. The van der Waals surface area contributed by atoms with Crippen molar-refractivity contribution in [1.82, 2.24) is 0 Å². The van der Waals surface area contributed by atoms with Crippen molar-refractivity contribution < 1.29 is 18.7 Å². The Hall–Kier alpha value is -4.44. The highest BCUT2D eigenvalue weighted by molar-refractivity contribution is 6.09. The van der Waals surface area contributed by atoms with Gasteiger partial charge >= 0.3 is 0 Å². The van der Waals surface area contributed by atoms with E-state index >= 15 is 0 Å². The molecule has 0 heterocycles. The summed E-state index contributed by atoms with van der Waals surface area (Å²) in [6.45, 7) is 1.76. The Balaban J connectivity index is 1.62. The highest BCUT2D eigenvalue weighted by Gasteiger charge is 2.10. The van der Waals surface area contributed by atoms with Crippen molar-refractivity contribution in [2.75, 3.05) is 17.2 Å². The van der Waals surface area contributed by atoms with Gasteiger partial charge in [-0.25, -0.2) is 4.39 Å². The van der Waals surface area contributed by atoms with Crippen molar-refractivity contribution in [3.05, 3.63) is 95.3 Å². The molecule has 0 saturated heterocycles. The number of amides is 2. The predicted molar refractivity (Wildman–Crippen MR) is 120 cm³/mol. The average molecular weight is 429 g/mol. The van der Waals surface area contributed by atoms with Crippen molar-refractivity contribution >= 4 is 29.3 Å². The lowest BCUT2D eigenvalue weighted by molar-refractivity contribution is -0.118. The highest BCUT2D eigenvalue weighted by Crippen LogP contribution is 2.17. The van der Waals surface area contributed by atoms with E-state index in [1.807, 2.05) is 25.1 Å². The normalized spacial score (nSPS) is 10.7. The van der Waals surface area contributed by atoms with E-state index in [-0.39, 0.29) is 18.1 Å². The van der Waals surface area contributed by atoms with Crippen molar-refractivity contribution in [3.63, 3.8) is 0 Å². The number of benzene rings is 3. The average Bonchev–Trinajstić information content (AvgIpc) is 2.79. The summed E-state index contributed by atoms with van der Waals surface area (Å²) in [5, 5.41) is 14.6. The molecule has 3 rings (SSSR count). The van der Waals surface area contributed by atoms with E-state index in [1.165, 1.54) is 30.3 Å². The molecule has 0 atom stereocenters. The standard InChI is InChI=1S/C25H20FN3O3/c1-17-5-9-21(10-6-17)28-24(30)16-32-23-4-2-3-18(14-23)13-19(15-27)25(31)29-22-11-7-20(26)8-12-22/h2-14H,16H2,1H3,(H,28,30)(H,29,31)/b19-13-. The van der Waals surface area contributed by atoms with Crippen molar-refractivity contribution in [1.29, 1.82) is 5.26 Å². The van der Waals surface area contributed by atoms with Crippen molar-refractivity contribution in [2.24, 2.45) is 0 Å². The zero-order chi connectivity index (χ0) is 22.9. The topological polar surface area (TPSA) is 91.2 Å². The fraction of sp³-hybridized carbons (Fsp3) is 0.0800.